The van der Waals surface area contributed by atoms with Crippen LogP contribution in [0.2, 0.25) is 0 Å². The highest BCUT2D eigenvalue weighted by molar-refractivity contribution is 5.91. The molecular formula is C23H19FN2O2. The second-order valence-corrected chi connectivity index (χ2v) is 6.90. The van der Waals surface area contributed by atoms with Crippen molar-refractivity contribution < 1.29 is 14.0 Å². The largest absolute Gasteiger partial charge is 0.368 e. The molecule has 0 saturated heterocycles. The first-order valence-electron chi connectivity index (χ1n) is 9.06. The molecule has 3 aromatic carbocycles. The average Bonchev–Trinajstić information content (AvgIpc) is 3.02. The number of amides is 2. The second-order valence-electron chi connectivity index (χ2n) is 6.90. The smallest absolute Gasteiger partial charge is 0.240 e. The van der Waals surface area contributed by atoms with E-state index in [1.54, 1.807) is 12.1 Å². The predicted molar refractivity (Wildman–Crippen MR) is 105 cm³/mol. The van der Waals surface area contributed by atoms with Crippen LogP contribution in [0.15, 0.2) is 72.8 Å². The Labute approximate surface area is 162 Å². The van der Waals surface area contributed by atoms with Gasteiger partial charge in [-0.3, -0.25) is 9.59 Å². The molecule has 0 aromatic heterocycles. The highest BCUT2D eigenvalue weighted by Gasteiger charge is 2.37. The third-order valence-corrected chi connectivity index (χ3v) is 5.12. The molecule has 3 aromatic rings. The van der Waals surface area contributed by atoms with Gasteiger partial charge >= 0.3 is 0 Å². The van der Waals surface area contributed by atoms with Gasteiger partial charge in [-0.25, -0.2) is 4.39 Å². The molecule has 0 fully saturated rings. The van der Waals surface area contributed by atoms with Gasteiger partial charge in [-0.15, -0.1) is 0 Å². The zero-order valence-corrected chi connectivity index (χ0v) is 15.1. The minimum atomic E-state index is -0.877. The lowest BCUT2D eigenvalue weighted by Crippen LogP contribution is -2.48. The molecule has 3 N–H and O–H groups in total. The lowest BCUT2D eigenvalue weighted by molar-refractivity contribution is -0.127. The van der Waals surface area contributed by atoms with Gasteiger partial charge in [-0.05, 0) is 39.9 Å². The van der Waals surface area contributed by atoms with Gasteiger partial charge < -0.3 is 11.1 Å². The molecule has 0 saturated carbocycles. The van der Waals surface area contributed by atoms with E-state index >= 15 is 0 Å². The molecule has 1 aliphatic rings. The van der Waals surface area contributed by atoms with E-state index < -0.39 is 11.9 Å². The number of hydrogen-bond donors (Lipinski definition) is 2. The SMILES string of the molecule is NC(=O)[C@@H](NC(=O)Cc1ccc(F)cc1)C1c2ccccc2-c2ccccc21. The summed E-state index contributed by atoms with van der Waals surface area (Å²) >= 11 is 0. The van der Waals surface area contributed by atoms with Gasteiger partial charge in [0.1, 0.15) is 11.9 Å². The third kappa shape index (κ3) is 3.27. The molecule has 0 heterocycles. The predicted octanol–water partition coefficient (Wildman–Crippen LogP) is 3.15. The van der Waals surface area contributed by atoms with Crippen molar-refractivity contribution >= 4 is 11.8 Å². The Morgan fingerprint density at radius 3 is 1.96 bits per heavy atom. The quantitative estimate of drug-likeness (QED) is 0.720. The van der Waals surface area contributed by atoms with E-state index in [9.17, 15) is 14.0 Å². The molecule has 0 spiro atoms. The molecule has 4 nitrogen and oxygen atoms in total. The summed E-state index contributed by atoms with van der Waals surface area (Å²) in [6, 6.07) is 20.5. The molecule has 0 aliphatic heterocycles. The molecule has 4 rings (SSSR count). The number of nitrogens with two attached hydrogens (primary N) is 1. The summed E-state index contributed by atoms with van der Waals surface area (Å²) in [5, 5.41) is 2.80. The first-order valence-corrected chi connectivity index (χ1v) is 9.06. The number of benzene rings is 3. The Morgan fingerprint density at radius 1 is 0.893 bits per heavy atom. The highest BCUT2D eigenvalue weighted by Crippen LogP contribution is 2.46. The Hall–Kier alpha value is -3.47. The van der Waals surface area contributed by atoms with E-state index in [4.69, 9.17) is 5.73 Å². The maximum Gasteiger partial charge on any atom is 0.240 e. The monoisotopic (exact) mass is 374 g/mol. The van der Waals surface area contributed by atoms with Crippen molar-refractivity contribution in [1.82, 2.24) is 5.32 Å². The van der Waals surface area contributed by atoms with E-state index in [0.29, 0.717) is 5.56 Å². The molecule has 1 aliphatic carbocycles. The molecule has 0 radical (unpaired) electrons. The normalized spacial score (nSPS) is 13.5. The van der Waals surface area contributed by atoms with Crippen LogP contribution in [-0.4, -0.2) is 17.9 Å². The minimum Gasteiger partial charge on any atom is -0.368 e. The van der Waals surface area contributed by atoms with E-state index in [1.807, 2.05) is 48.5 Å². The molecule has 0 unspecified atom stereocenters. The molecular weight excluding hydrogens is 355 g/mol. The number of carbonyl (C=O) groups is 2. The van der Waals surface area contributed by atoms with Crippen molar-refractivity contribution in [2.45, 2.75) is 18.4 Å². The highest BCUT2D eigenvalue weighted by atomic mass is 19.1. The van der Waals surface area contributed by atoms with Crippen LogP contribution in [0.5, 0.6) is 0 Å². The number of fused-ring (bicyclic) bond motifs is 3. The summed E-state index contributed by atoms with van der Waals surface area (Å²) in [6.45, 7) is 0. The first kappa shape index (κ1) is 17.9. The van der Waals surface area contributed by atoms with Crippen molar-refractivity contribution in [1.29, 1.82) is 0 Å². The maximum atomic E-state index is 13.1. The van der Waals surface area contributed by atoms with E-state index in [0.717, 1.165) is 22.3 Å². The summed E-state index contributed by atoms with van der Waals surface area (Å²) in [6.07, 6.45) is 0.0417. The van der Waals surface area contributed by atoms with Crippen LogP contribution in [-0.2, 0) is 16.0 Å². The van der Waals surface area contributed by atoms with Crippen molar-refractivity contribution in [3.63, 3.8) is 0 Å². The molecule has 5 heteroatoms. The van der Waals surface area contributed by atoms with Gasteiger partial charge in [0.15, 0.2) is 0 Å². The summed E-state index contributed by atoms with van der Waals surface area (Å²) < 4.78 is 13.1. The molecule has 2 amide bonds. The van der Waals surface area contributed by atoms with Crippen molar-refractivity contribution in [2.75, 3.05) is 0 Å². The summed E-state index contributed by atoms with van der Waals surface area (Å²) in [7, 11) is 0. The Balaban J connectivity index is 1.64. The Kier molecular flexibility index (Phi) is 4.65. The summed E-state index contributed by atoms with van der Waals surface area (Å²) in [5.74, 6) is -1.64. The van der Waals surface area contributed by atoms with Gasteiger partial charge in [-0.2, -0.15) is 0 Å². The van der Waals surface area contributed by atoms with E-state index in [1.165, 1.54) is 12.1 Å². The van der Waals surface area contributed by atoms with Crippen molar-refractivity contribution in [3.05, 3.63) is 95.3 Å². The van der Waals surface area contributed by atoms with Crippen LogP contribution in [0, 0.1) is 5.82 Å². The zero-order valence-electron chi connectivity index (χ0n) is 15.1. The standard InChI is InChI=1S/C23H19FN2O2/c24-15-11-9-14(10-12-15)13-20(27)26-22(23(25)28)21-18-7-3-1-5-16(18)17-6-2-4-8-19(17)21/h1-12,21-22H,13H2,(H2,25,28)(H,26,27)/t22-/m0/s1. The molecule has 28 heavy (non-hydrogen) atoms. The van der Waals surface area contributed by atoms with Crippen LogP contribution < -0.4 is 11.1 Å². The van der Waals surface area contributed by atoms with Crippen LogP contribution in [0.4, 0.5) is 4.39 Å². The fraction of sp³-hybridized carbons (Fsp3) is 0.130. The van der Waals surface area contributed by atoms with Crippen molar-refractivity contribution in [2.24, 2.45) is 5.73 Å². The molecule has 0 bridgehead atoms. The average molecular weight is 374 g/mol. The Morgan fingerprint density at radius 2 is 1.43 bits per heavy atom. The topological polar surface area (TPSA) is 72.2 Å². The van der Waals surface area contributed by atoms with Gasteiger partial charge in [0.2, 0.25) is 11.8 Å². The lowest BCUT2D eigenvalue weighted by Gasteiger charge is -2.24. The lowest BCUT2D eigenvalue weighted by atomic mass is 9.88. The number of carbonyl (C=O) groups excluding carboxylic acids is 2. The number of rotatable bonds is 5. The second kappa shape index (κ2) is 7.27. The zero-order chi connectivity index (χ0) is 19.7. The third-order valence-electron chi connectivity index (χ3n) is 5.12. The summed E-state index contributed by atoms with van der Waals surface area (Å²) in [5.41, 5.74) is 10.4. The van der Waals surface area contributed by atoms with Gasteiger partial charge in [0, 0.05) is 5.92 Å². The van der Waals surface area contributed by atoms with Crippen LogP contribution in [0.25, 0.3) is 11.1 Å². The van der Waals surface area contributed by atoms with Gasteiger partial charge in [-0.1, -0.05) is 60.7 Å². The minimum absolute atomic E-state index is 0.0417. The molecule has 140 valence electrons. The Bertz CT molecular complexity index is 1000. The number of primary amides is 1. The number of halogens is 1. The number of nitrogens with one attached hydrogen (secondary N) is 1. The first-order chi connectivity index (χ1) is 13.5. The van der Waals surface area contributed by atoms with E-state index in [2.05, 4.69) is 5.32 Å². The fourth-order valence-electron chi connectivity index (χ4n) is 3.88. The summed E-state index contributed by atoms with van der Waals surface area (Å²) in [4.78, 5) is 24.9. The fourth-order valence-corrected chi connectivity index (χ4v) is 3.88. The van der Waals surface area contributed by atoms with Crippen LogP contribution in [0.1, 0.15) is 22.6 Å². The number of hydrogen-bond acceptors (Lipinski definition) is 2. The van der Waals surface area contributed by atoms with Gasteiger partial charge in [0.05, 0.1) is 6.42 Å². The van der Waals surface area contributed by atoms with E-state index in [-0.39, 0.29) is 24.1 Å². The van der Waals surface area contributed by atoms with Crippen LogP contribution >= 0.6 is 0 Å². The van der Waals surface area contributed by atoms with Crippen molar-refractivity contribution in [3.8, 4) is 11.1 Å². The van der Waals surface area contributed by atoms with Crippen LogP contribution in [0.3, 0.4) is 0 Å². The molecule has 1 atom stereocenters. The van der Waals surface area contributed by atoms with Gasteiger partial charge in [0.25, 0.3) is 0 Å². The maximum absolute atomic E-state index is 13.1.